The van der Waals surface area contributed by atoms with E-state index in [0.29, 0.717) is 11.0 Å². The molecule has 0 saturated heterocycles. The van der Waals surface area contributed by atoms with Crippen LogP contribution in [0.1, 0.15) is 29.3 Å². The van der Waals surface area contributed by atoms with Gasteiger partial charge in [-0.25, -0.2) is 8.78 Å². The molecule has 1 aromatic carbocycles. The lowest BCUT2D eigenvalue weighted by molar-refractivity contribution is 0.553. The summed E-state index contributed by atoms with van der Waals surface area (Å²) < 4.78 is 27.1. The first-order valence-corrected chi connectivity index (χ1v) is 6.94. The largest absolute Gasteiger partial charge is 0.345 e. The smallest absolute Gasteiger partial charge is 0.208 e. The zero-order chi connectivity index (χ0) is 13.4. The minimum atomic E-state index is -0.529. The van der Waals surface area contributed by atoms with Crippen molar-refractivity contribution in [1.82, 2.24) is 10.2 Å². The number of hydrogen-bond donors (Lipinski definition) is 0. The van der Waals surface area contributed by atoms with Crippen LogP contribution >= 0.6 is 11.3 Å². The Bertz CT molecular complexity index is 575. The van der Waals surface area contributed by atoms with Crippen LogP contribution in [-0.4, -0.2) is 17.2 Å². The quantitative estimate of drug-likeness (QED) is 0.860. The summed E-state index contributed by atoms with van der Waals surface area (Å²) in [6.07, 6.45) is 2.33. The summed E-state index contributed by atoms with van der Waals surface area (Å²) in [6.45, 7) is 0.151. The van der Waals surface area contributed by atoms with Gasteiger partial charge < -0.3 is 4.90 Å². The molecular formula is C13H13F2N3S. The van der Waals surface area contributed by atoms with E-state index < -0.39 is 11.6 Å². The lowest BCUT2D eigenvalue weighted by Gasteiger charge is -2.15. The van der Waals surface area contributed by atoms with Crippen LogP contribution < -0.4 is 4.90 Å². The van der Waals surface area contributed by atoms with Crippen LogP contribution in [0.15, 0.2) is 18.2 Å². The molecule has 1 aliphatic carbocycles. The Labute approximate surface area is 113 Å². The third-order valence-corrected chi connectivity index (χ3v) is 4.34. The minimum Gasteiger partial charge on any atom is -0.345 e. The molecule has 19 heavy (non-hydrogen) atoms. The normalized spacial score (nSPS) is 14.7. The average molecular weight is 281 g/mol. The van der Waals surface area contributed by atoms with Crippen LogP contribution in [0.25, 0.3) is 0 Å². The Hall–Kier alpha value is -1.56. The van der Waals surface area contributed by atoms with Crippen molar-refractivity contribution in [2.75, 3.05) is 11.9 Å². The van der Waals surface area contributed by atoms with E-state index in [-0.39, 0.29) is 12.1 Å². The van der Waals surface area contributed by atoms with Gasteiger partial charge in [-0.3, -0.25) is 0 Å². The molecule has 0 spiro atoms. The molecule has 1 fully saturated rings. The van der Waals surface area contributed by atoms with Gasteiger partial charge in [-0.2, -0.15) is 0 Å². The van der Waals surface area contributed by atoms with Crippen molar-refractivity contribution in [1.29, 1.82) is 0 Å². The number of anilines is 1. The highest BCUT2D eigenvalue weighted by molar-refractivity contribution is 7.15. The summed E-state index contributed by atoms with van der Waals surface area (Å²) in [5.41, 5.74) is 0.0631. The zero-order valence-corrected chi connectivity index (χ0v) is 11.3. The lowest BCUT2D eigenvalue weighted by Crippen LogP contribution is -2.18. The van der Waals surface area contributed by atoms with E-state index >= 15 is 0 Å². The van der Waals surface area contributed by atoms with Crippen molar-refractivity contribution < 1.29 is 8.78 Å². The second-order valence-corrected chi connectivity index (χ2v) is 5.74. The van der Waals surface area contributed by atoms with Crippen molar-refractivity contribution in [3.05, 3.63) is 40.4 Å². The number of hydrogen-bond acceptors (Lipinski definition) is 4. The van der Waals surface area contributed by atoms with Gasteiger partial charge in [0.15, 0.2) is 0 Å². The Balaban J connectivity index is 1.78. The summed E-state index contributed by atoms with van der Waals surface area (Å²) in [5, 5.41) is 9.93. The second-order valence-electron chi connectivity index (χ2n) is 4.75. The molecule has 1 saturated carbocycles. The maximum Gasteiger partial charge on any atom is 0.208 e. The highest BCUT2D eigenvalue weighted by Crippen LogP contribution is 2.42. The Morgan fingerprint density at radius 2 is 1.95 bits per heavy atom. The van der Waals surface area contributed by atoms with Crippen LogP contribution in [-0.2, 0) is 6.54 Å². The molecule has 0 radical (unpaired) electrons. The first-order valence-electron chi connectivity index (χ1n) is 6.12. The molecule has 2 aromatic rings. The van der Waals surface area contributed by atoms with Gasteiger partial charge in [-0.1, -0.05) is 17.4 Å². The molecule has 6 heteroatoms. The van der Waals surface area contributed by atoms with Crippen LogP contribution in [0.3, 0.4) is 0 Å². The lowest BCUT2D eigenvalue weighted by atomic mass is 10.2. The number of rotatable bonds is 4. The molecule has 0 N–H and O–H groups in total. The van der Waals surface area contributed by atoms with E-state index in [1.54, 1.807) is 11.9 Å². The number of aromatic nitrogens is 2. The van der Waals surface area contributed by atoms with E-state index in [1.165, 1.54) is 42.4 Å². The average Bonchev–Trinajstić information content (AvgIpc) is 3.12. The maximum atomic E-state index is 13.6. The predicted octanol–water partition coefficient (Wildman–Crippen LogP) is 3.33. The van der Waals surface area contributed by atoms with Crippen LogP contribution in [0, 0.1) is 11.6 Å². The van der Waals surface area contributed by atoms with Crippen molar-refractivity contribution in [2.24, 2.45) is 0 Å². The zero-order valence-electron chi connectivity index (χ0n) is 10.4. The van der Waals surface area contributed by atoms with E-state index in [0.717, 1.165) is 5.01 Å². The van der Waals surface area contributed by atoms with Crippen molar-refractivity contribution in [2.45, 2.75) is 25.3 Å². The van der Waals surface area contributed by atoms with Gasteiger partial charge in [0.05, 0.1) is 6.54 Å². The highest BCUT2D eigenvalue weighted by atomic mass is 32.1. The number of halogens is 2. The van der Waals surface area contributed by atoms with E-state index in [2.05, 4.69) is 10.2 Å². The summed E-state index contributed by atoms with van der Waals surface area (Å²) in [4.78, 5) is 1.73. The summed E-state index contributed by atoms with van der Waals surface area (Å²) in [6, 6.07) is 3.90. The van der Waals surface area contributed by atoms with Crippen LogP contribution in [0.2, 0.25) is 0 Å². The maximum absolute atomic E-state index is 13.6. The minimum absolute atomic E-state index is 0.0631. The fourth-order valence-electron chi connectivity index (χ4n) is 1.86. The van der Waals surface area contributed by atoms with Gasteiger partial charge in [0.1, 0.15) is 16.6 Å². The Morgan fingerprint density at radius 3 is 2.58 bits per heavy atom. The molecule has 100 valence electrons. The van der Waals surface area contributed by atoms with Gasteiger partial charge in [0.2, 0.25) is 5.13 Å². The SMILES string of the molecule is CN(Cc1c(F)cccc1F)c1nnc(C2CC2)s1. The number of nitrogens with zero attached hydrogens (tertiary/aromatic N) is 3. The van der Waals surface area contributed by atoms with Crippen LogP contribution in [0.5, 0.6) is 0 Å². The van der Waals surface area contributed by atoms with Gasteiger partial charge in [0, 0.05) is 18.5 Å². The molecule has 0 amide bonds. The molecule has 0 aliphatic heterocycles. The fourth-order valence-corrected chi connectivity index (χ4v) is 2.84. The first-order chi connectivity index (χ1) is 9.15. The summed E-state index contributed by atoms with van der Waals surface area (Å²) in [7, 11) is 1.77. The molecule has 0 bridgehead atoms. The third kappa shape index (κ3) is 2.58. The first kappa shape index (κ1) is 12.5. The Kier molecular flexibility index (Phi) is 3.18. The van der Waals surface area contributed by atoms with Crippen molar-refractivity contribution in [3.63, 3.8) is 0 Å². The predicted molar refractivity (Wildman–Crippen MR) is 70.3 cm³/mol. The van der Waals surface area contributed by atoms with Gasteiger partial charge >= 0.3 is 0 Å². The summed E-state index contributed by atoms with van der Waals surface area (Å²) >= 11 is 1.50. The molecule has 1 aromatic heterocycles. The van der Waals surface area contributed by atoms with Crippen molar-refractivity contribution >= 4 is 16.5 Å². The van der Waals surface area contributed by atoms with E-state index in [9.17, 15) is 8.78 Å². The van der Waals surface area contributed by atoms with Gasteiger partial charge in [-0.05, 0) is 25.0 Å². The Morgan fingerprint density at radius 1 is 1.26 bits per heavy atom. The van der Waals surface area contributed by atoms with E-state index in [4.69, 9.17) is 0 Å². The molecule has 1 heterocycles. The molecule has 3 nitrogen and oxygen atoms in total. The highest BCUT2D eigenvalue weighted by Gasteiger charge is 2.28. The standard InChI is InChI=1S/C13H13F2N3S/c1-18(7-9-10(14)3-2-4-11(9)15)13-17-16-12(19-13)8-5-6-8/h2-4,8H,5-7H2,1H3. The van der Waals surface area contributed by atoms with Gasteiger partial charge in [-0.15, -0.1) is 10.2 Å². The van der Waals surface area contributed by atoms with E-state index in [1.807, 2.05) is 0 Å². The molecule has 0 atom stereocenters. The third-order valence-electron chi connectivity index (χ3n) is 3.14. The molecule has 0 unspecified atom stereocenters. The molecule has 3 rings (SSSR count). The monoisotopic (exact) mass is 281 g/mol. The fraction of sp³-hybridized carbons (Fsp3) is 0.385. The summed E-state index contributed by atoms with van der Waals surface area (Å²) in [5.74, 6) is -0.512. The molecule has 1 aliphatic rings. The van der Waals surface area contributed by atoms with Gasteiger partial charge in [0.25, 0.3) is 0 Å². The van der Waals surface area contributed by atoms with Crippen molar-refractivity contribution in [3.8, 4) is 0 Å². The topological polar surface area (TPSA) is 29.0 Å². The second kappa shape index (κ2) is 4.85. The number of benzene rings is 1. The molecular weight excluding hydrogens is 268 g/mol. The van der Waals surface area contributed by atoms with Crippen LogP contribution in [0.4, 0.5) is 13.9 Å².